The Morgan fingerprint density at radius 1 is 1.50 bits per heavy atom. The predicted octanol–water partition coefficient (Wildman–Crippen LogP) is -0.214. The molecule has 0 aromatic carbocycles. The van der Waals surface area contributed by atoms with Gasteiger partial charge in [-0.1, -0.05) is 6.08 Å². The molecule has 1 unspecified atom stereocenters. The molecule has 0 amide bonds. The van der Waals surface area contributed by atoms with E-state index in [2.05, 4.69) is 6.58 Å². The molecule has 1 aliphatic rings. The van der Waals surface area contributed by atoms with Gasteiger partial charge in [0.15, 0.2) is 0 Å². The summed E-state index contributed by atoms with van der Waals surface area (Å²) in [6.45, 7) is 4.71. The van der Waals surface area contributed by atoms with Gasteiger partial charge in [0.1, 0.15) is 0 Å². The van der Waals surface area contributed by atoms with Gasteiger partial charge in [-0.2, -0.15) is 0 Å². The van der Waals surface area contributed by atoms with E-state index in [0.29, 0.717) is 0 Å². The average molecular weight is 182 g/mol. The van der Waals surface area contributed by atoms with Crippen molar-refractivity contribution < 1.29 is 4.74 Å². The molecule has 0 aliphatic carbocycles. The minimum absolute atomic E-state index is 0. The topological polar surface area (TPSA) is 9.23 Å². The molecule has 1 atom stereocenters. The van der Waals surface area contributed by atoms with E-state index in [0.717, 1.165) is 16.8 Å². The van der Waals surface area contributed by atoms with Crippen LogP contribution in [0.15, 0.2) is 12.7 Å². The molecule has 0 aromatic rings. The van der Waals surface area contributed by atoms with Crippen molar-refractivity contribution in [2.24, 2.45) is 0 Å². The van der Waals surface area contributed by atoms with Crippen molar-refractivity contribution in [3.05, 3.63) is 12.7 Å². The summed E-state index contributed by atoms with van der Waals surface area (Å²) in [5, 5.41) is 0.123. The fourth-order valence-corrected chi connectivity index (χ4v) is 1.67. The van der Waals surface area contributed by atoms with Gasteiger partial charge in [0.25, 0.3) is 0 Å². The summed E-state index contributed by atoms with van der Waals surface area (Å²) in [4.78, 5) is 0. The zero-order valence-corrected chi connectivity index (χ0v) is 8.02. The van der Waals surface area contributed by atoms with Gasteiger partial charge in [-0.15, -0.1) is 6.58 Å². The van der Waals surface area contributed by atoms with Crippen LogP contribution in [0.4, 0.5) is 0 Å². The van der Waals surface area contributed by atoms with Gasteiger partial charge in [-0.3, -0.25) is 0 Å². The molecule has 0 bridgehead atoms. The second-order valence-corrected chi connectivity index (χ2v) is 4.52. The second kappa shape index (κ2) is 5.24. The van der Waals surface area contributed by atoms with Gasteiger partial charge in [0.05, 0.1) is 5.22 Å². The molecule has 1 saturated heterocycles. The summed E-state index contributed by atoms with van der Waals surface area (Å²) in [6, 6.07) is 0. The van der Waals surface area contributed by atoms with Gasteiger partial charge < -0.3 is 4.74 Å². The molecule has 10 heavy (non-hydrogen) atoms. The molecule has 1 heterocycles. The quantitative estimate of drug-likeness (QED) is 0.403. The van der Waals surface area contributed by atoms with E-state index in [1.165, 1.54) is 19.3 Å². The summed E-state index contributed by atoms with van der Waals surface area (Å²) in [7, 11) is 1.09. The van der Waals surface area contributed by atoms with Crippen LogP contribution >= 0.6 is 0 Å². The van der Waals surface area contributed by atoms with E-state index in [1.54, 1.807) is 0 Å². The molecule has 0 N–H and O–H groups in total. The monoisotopic (exact) mass is 182 g/mol. The molecule has 1 rings (SSSR count). The van der Waals surface area contributed by atoms with E-state index in [4.69, 9.17) is 4.74 Å². The second-order valence-electron chi connectivity index (χ2n) is 2.82. The van der Waals surface area contributed by atoms with Crippen molar-refractivity contribution in [1.29, 1.82) is 0 Å². The molecule has 0 radical (unpaired) electrons. The Morgan fingerprint density at radius 3 is 2.50 bits per heavy atom. The first-order valence-corrected chi connectivity index (χ1v) is 4.54. The van der Waals surface area contributed by atoms with Crippen LogP contribution in [0.1, 0.15) is 19.3 Å². The number of ether oxygens (including phenoxy) is 1. The van der Waals surface area contributed by atoms with Crippen molar-refractivity contribution in [2.75, 3.05) is 6.61 Å². The van der Waals surface area contributed by atoms with Gasteiger partial charge in [-0.25, -0.2) is 0 Å². The first-order chi connectivity index (χ1) is 4.27. The third kappa shape index (κ3) is 3.30. The fourth-order valence-electron chi connectivity index (χ4n) is 1.12. The van der Waals surface area contributed by atoms with Crippen LogP contribution in [0.2, 0.25) is 0 Å². The van der Waals surface area contributed by atoms with Crippen LogP contribution < -0.4 is 0 Å². The third-order valence-electron chi connectivity index (χ3n) is 1.93. The zero-order chi connectivity index (χ0) is 6.74. The van der Waals surface area contributed by atoms with Crippen LogP contribution in [0.5, 0.6) is 0 Å². The molecule has 3 heteroatoms. The number of hydrogen-bond donors (Lipinski definition) is 0. The van der Waals surface area contributed by atoms with Crippen LogP contribution in [0.25, 0.3) is 0 Å². The molecule has 1 nitrogen and oxygen atoms in total. The van der Waals surface area contributed by atoms with Gasteiger partial charge in [0.2, 0.25) is 0 Å². The van der Waals surface area contributed by atoms with E-state index >= 15 is 0 Å². The fraction of sp³-hybridized carbons (Fsp3) is 0.714. The predicted molar refractivity (Wildman–Crippen MR) is 49.8 cm³/mol. The Hall–Kier alpha value is 1.55. The van der Waals surface area contributed by atoms with Crippen molar-refractivity contribution in [2.45, 2.75) is 24.5 Å². The summed E-state index contributed by atoms with van der Waals surface area (Å²) in [6.07, 6.45) is 5.72. The zero-order valence-electron chi connectivity index (χ0n) is 6.02. The normalized spacial score (nSPS) is 32.8. The van der Waals surface area contributed by atoms with Crippen molar-refractivity contribution in [3.8, 4) is 0 Å². The van der Waals surface area contributed by atoms with Crippen LogP contribution in [-0.2, 0) is 4.74 Å². The maximum absolute atomic E-state index is 5.56. The Balaban J connectivity index is 0.000000810. The molecule has 0 spiro atoms. The van der Waals surface area contributed by atoms with E-state index < -0.39 is 0 Å². The van der Waals surface area contributed by atoms with Crippen LogP contribution in [0.3, 0.4) is 0 Å². The van der Waals surface area contributed by atoms with Crippen molar-refractivity contribution in [1.82, 2.24) is 0 Å². The Kier molecular flexibility index (Phi) is 6.06. The molecule has 54 valence electrons. The standard InChI is InChI=1S/C7H14OSi.K.H/c1-2-7(9)5-3-4-6-8-7;;/h2H,1,3-6H2,9H3;;. The van der Waals surface area contributed by atoms with E-state index in [-0.39, 0.29) is 56.6 Å². The number of hydrogen-bond acceptors (Lipinski definition) is 1. The average Bonchev–Trinajstić information content (AvgIpc) is 1.90. The van der Waals surface area contributed by atoms with E-state index in [9.17, 15) is 0 Å². The van der Waals surface area contributed by atoms with Crippen LogP contribution in [-0.4, -0.2) is 73.5 Å². The Labute approximate surface area is 108 Å². The molecule has 1 aliphatic heterocycles. The van der Waals surface area contributed by atoms with Gasteiger partial charge >= 0.3 is 51.4 Å². The SMILES string of the molecule is C=CC1([SiH3])CCCCO1.[KH]. The maximum atomic E-state index is 5.56. The molecular weight excluding hydrogens is 167 g/mol. The van der Waals surface area contributed by atoms with Crippen molar-refractivity contribution in [3.63, 3.8) is 0 Å². The summed E-state index contributed by atoms with van der Waals surface area (Å²) in [5.41, 5.74) is 0. The number of rotatable bonds is 1. The molecule has 1 fully saturated rings. The van der Waals surface area contributed by atoms with Crippen LogP contribution in [0, 0.1) is 0 Å². The first kappa shape index (κ1) is 11.6. The van der Waals surface area contributed by atoms with Gasteiger partial charge in [0, 0.05) is 16.8 Å². The minimum atomic E-state index is 0. The summed E-state index contributed by atoms with van der Waals surface area (Å²) >= 11 is 0. The molecule has 0 saturated carbocycles. The summed E-state index contributed by atoms with van der Waals surface area (Å²) in [5.74, 6) is 0. The Bertz CT molecular complexity index is 110. The van der Waals surface area contributed by atoms with Gasteiger partial charge in [-0.05, 0) is 19.3 Å². The summed E-state index contributed by atoms with van der Waals surface area (Å²) < 4.78 is 5.56. The van der Waals surface area contributed by atoms with E-state index in [1.807, 2.05) is 6.08 Å². The van der Waals surface area contributed by atoms with Crippen molar-refractivity contribution >= 4 is 61.6 Å². The molecular formula is C7H15KOSi. The molecule has 0 aromatic heterocycles. The first-order valence-electron chi connectivity index (χ1n) is 3.54. The Morgan fingerprint density at radius 2 is 2.20 bits per heavy atom. The third-order valence-corrected chi connectivity index (χ3v) is 3.13.